The minimum absolute atomic E-state index is 0.0349. The Morgan fingerprint density at radius 3 is 2.92 bits per heavy atom. The quantitative estimate of drug-likeness (QED) is 0.855. The Bertz CT molecular complexity index is 693. The number of likely N-dealkylation sites (tertiary alicyclic amines) is 1. The van der Waals surface area contributed by atoms with E-state index >= 15 is 0 Å². The normalized spacial score (nSPS) is 17.4. The summed E-state index contributed by atoms with van der Waals surface area (Å²) in [5.41, 5.74) is 1.01. The Morgan fingerprint density at radius 1 is 1.27 bits per heavy atom. The molecule has 1 atom stereocenters. The summed E-state index contributed by atoms with van der Waals surface area (Å²) in [6, 6.07) is 3.60. The molecule has 0 aliphatic carbocycles. The average Bonchev–Trinajstić information content (AvgIpc) is 2.93. The van der Waals surface area contributed by atoms with Crippen molar-refractivity contribution in [2.75, 3.05) is 32.1 Å². The molecule has 138 valence electrons. The Labute approximate surface area is 153 Å². The van der Waals surface area contributed by atoms with E-state index in [1.54, 1.807) is 30.7 Å². The van der Waals surface area contributed by atoms with Crippen LogP contribution in [0.2, 0.25) is 0 Å². The van der Waals surface area contributed by atoms with Gasteiger partial charge in [0.1, 0.15) is 11.6 Å². The Morgan fingerprint density at radius 2 is 2.19 bits per heavy atom. The number of hydrogen-bond donors (Lipinski definition) is 1. The van der Waals surface area contributed by atoms with E-state index in [1.165, 1.54) is 0 Å². The summed E-state index contributed by atoms with van der Waals surface area (Å²) < 4.78 is 5.53. The highest BCUT2D eigenvalue weighted by molar-refractivity contribution is 5.77. The van der Waals surface area contributed by atoms with E-state index in [2.05, 4.69) is 20.3 Å². The van der Waals surface area contributed by atoms with E-state index < -0.39 is 0 Å². The molecule has 0 aromatic carbocycles. The van der Waals surface area contributed by atoms with E-state index in [0.717, 1.165) is 50.3 Å². The van der Waals surface area contributed by atoms with E-state index in [9.17, 15) is 4.79 Å². The van der Waals surface area contributed by atoms with Crippen molar-refractivity contribution < 1.29 is 9.53 Å². The highest BCUT2D eigenvalue weighted by Crippen LogP contribution is 2.21. The standard InChI is InChI=1S/C19H25N5O2/c1-20-18-13-22-16(11-23-18)10-15-4-3-8-24(9-6-15)19(25)14-26-17-5-2-7-21-12-17/h2,5,7,11-13,15H,3-4,6,8-10,14H2,1H3,(H,20,23). The molecule has 7 heteroatoms. The molecule has 1 amide bonds. The van der Waals surface area contributed by atoms with Gasteiger partial charge in [0.2, 0.25) is 0 Å². The maximum absolute atomic E-state index is 12.4. The predicted octanol–water partition coefficient (Wildman–Crippen LogP) is 2.16. The van der Waals surface area contributed by atoms with Gasteiger partial charge in [-0.2, -0.15) is 0 Å². The van der Waals surface area contributed by atoms with Gasteiger partial charge in [-0.3, -0.25) is 14.8 Å². The first-order chi connectivity index (χ1) is 12.7. The lowest BCUT2D eigenvalue weighted by molar-refractivity contribution is -0.133. The smallest absolute Gasteiger partial charge is 0.260 e. The van der Waals surface area contributed by atoms with Crippen molar-refractivity contribution in [3.63, 3.8) is 0 Å². The van der Waals surface area contributed by atoms with E-state index in [4.69, 9.17) is 4.74 Å². The first-order valence-electron chi connectivity index (χ1n) is 9.04. The van der Waals surface area contributed by atoms with Crippen LogP contribution in [0, 0.1) is 5.92 Å². The second-order valence-electron chi connectivity index (χ2n) is 6.50. The zero-order chi connectivity index (χ0) is 18.2. The third kappa shape index (κ3) is 5.15. The summed E-state index contributed by atoms with van der Waals surface area (Å²) in [5.74, 6) is 1.96. The predicted molar refractivity (Wildman–Crippen MR) is 98.9 cm³/mol. The number of amides is 1. The molecule has 0 bridgehead atoms. The average molecular weight is 355 g/mol. The molecule has 1 unspecified atom stereocenters. The van der Waals surface area contributed by atoms with Crippen molar-refractivity contribution in [2.45, 2.75) is 25.7 Å². The van der Waals surface area contributed by atoms with Crippen molar-refractivity contribution >= 4 is 11.7 Å². The van der Waals surface area contributed by atoms with Crippen molar-refractivity contribution in [1.29, 1.82) is 0 Å². The molecule has 1 saturated heterocycles. The number of anilines is 1. The molecule has 3 rings (SSSR count). The van der Waals surface area contributed by atoms with Crippen LogP contribution in [-0.2, 0) is 11.2 Å². The van der Waals surface area contributed by atoms with Crippen molar-refractivity contribution in [1.82, 2.24) is 19.9 Å². The van der Waals surface area contributed by atoms with Gasteiger partial charge in [0.05, 0.1) is 24.3 Å². The molecule has 2 aromatic heterocycles. The Hall–Kier alpha value is -2.70. The Kier molecular flexibility index (Phi) is 6.35. The summed E-state index contributed by atoms with van der Waals surface area (Å²) >= 11 is 0. The molecule has 1 N–H and O–H groups in total. The van der Waals surface area contributed by atoms with Gasteiger partial charge in [-0.25, -0.2) is 4.98 Å². The van der Waals surface area contributed by atoms with Gasteiger partial charge < -0.3 is 15.0 Å². The molecular weight excluding hydrogens is 330 g/mol. The van der Waals surface area contributed by atoms with Crippen LogP contribution >= 0.6 is 0 Å². The minimum atomic E-state index is 0.0349. The second kappa shape index (κ2) is 9.12. The van der Waals surface area contributed by atoms with Crippen LogP contribution in [0.5, 0.6) is 5.75 Å². The van der Waals surface area contributed by atoms with E-state index in [0.29, 0.717) is 11.7 Å². The zero-order valence-electron chi connectivity index (χ0n) is 15.1. The van der Waals surface area contributed by atoms with Gasteiger partial charge in [-0.1, -0.05) is 0 Å². The molecule has 7 nitrogen and oxygen atoms in total. The van der Waals surface area contributed by atoms with Crippen LogP contribution in [-0.4, -0.2) is 52.5 Å². The van der Waals surface area contributed by atoms with Gasteiger partial charge in [-0.15, -0.1) is 0 Å². The molecule has 1 aliphatic heterocycles. The molecule has 0 radical (unpaired) electrons. The lowest BCUT2D eigenvalue weighted by Crippen LogP contribution is -2.35. The zero-order valence-corrected chi connectivity index (χ0v) is 15.1. The van der Waals surface area contributed by atoms with Gasteiger partial charge in [0, 0.05) is 26.3 Å². The van der Waals surface area contributed by atoms with Crippen LogP contribution in [0.25, 0.3) is 0 Å². The van der Waals surface area contributed by atoms with Crippen LogP contribution in [0.1, 0.15) is 25.0 Å². The number of nitrogens with one attached hydrogen (secondary N) is 1. The molecular formula is C19H25N5O2. The first-order valence-corrected chi connectivity index (χ1v) is 9.04. The van der Waals surface area contributed by atoms with Gasteiger partial charge in [0.15, 0.2) is 6.61 Å². The third-order valence-electron chi connectivity index (χ3n) is 4.66. The van der Waals surface area contributed by atoms with Crippen LogP contribution in [0.15, 0.2) is 36.9 Å². The first kappa shape index (κ1) is 18.1. The molecule has 2 aromatic rings. The third-order valence-corrected chi connectivity index (χ3v) is 4.66. The second-order valence-corrected chi connectivity index (χ2v) is 6.50. The van der Waals surface area contributed by atoms with Gasteiger partial charge in [0.25, 0.3) is 5.91 Å². The highest BCUT2D eigenvalue weighted by Gasteiger charge is 2.21. The fourth-order valence-electron chi connectivity index (χ4n) is 3.17. The van der Waals surface area contributed by atoms with Gasteiger partial charge >= 0.3 is 0 Å². The number of ether oxygens (including phenoxy) is 1. The number of carbonyl (C=O) groups excluding carboxylic acids is 1. The number of nitrogens with zero attached hydrogens (tertiary/aromatic N) is 4. The van der Waals surface area contributed by atoms with E-state index in [-0.39, 0.29) is 12.5 Å². The highest BCUT2D eigenvalue weighted by atomic mass is 16.5. The monoisotopic (exact) mass is 355 g/mol. The van der Waals surface area contributed by atoms with Crippen LogP contribution in [0.3, 0.4) is 0 Å². The van der Waals surface area contributed by atoms with Crippen molar-refractivity contribution in [2.24, 2.45) is 5.92 Å². The summed E-state index contributed by atoms with van der Waals surface area (Å²) in [4.78, 5) is 27.1. The number of rotatable bonds is 6. The fraction of sp³-hybridized carbons (Fsp3) is 0.474. The molecule has 3 heterocycles. The molecule has 26 heavy (non-hydrogen) atoms. The largest absolute Gasteiger partial charge is 0.482 e. The maximum atomic E-state index is 12.4. The van der Waals surface area contributed by atoms with Crippen LogP contribution < -0.4 is 10.1 Å². The number of hydrogen-bond acceptors (Lipinski definition) is 6. The maximum Gasteiger partial charge on any atom is 0.260 e. The number of aromatic nitrogens is 3. The molecule has 1 aliphatic rings. The molecule has 0 spiro atoms. The van der Waals surface area contributed by atoms with Crippen molar-refractivity contribution in [3.8, 4) is 5.75 Å². The van der Waals surface area contributed by atoms with Crippen LogP contribution in [0.4, 0.5) is 5.82 Å². The van der Waals surface area contributed by atoms with Gasteiger partial charge in [-0.05, 0) is 43.7 Å². The SMILES string of the molecule is CNc1cnc(CC2CCCN(C(=O)COc3cccnc3)CC2)cn1. The number of pyridine rings is 1. The summed E-state index contributed by atoms with van der Waals surface area (Å²) in [7, 11) is 1.83. The number of carbonyl (C=O) groups is 1. The minimum Gasteiger partial charge on any atom is -0.482 e. The summed E-state index contributed by atoms with van der Waals surface area (Å²) in [6.45, 7) is 1.62. The summed E-state index contributed by atoms with van der Waals surface area (Å²) in [5, 5.41) is 2.98. The lowest BCUT2D eigenvalue weighted by atomic mass is 9.95. The fourth-order valence-corrected chi connectivity index (χ4v) is 3.17. The molecule has 1 fully saturated rings. The Balaban J connectivity index is 1.47. The summed E-state index contributed by atoms with van der Waals surface area (Å²) in [6.07, 6.45) is 10.9. The topological polar surface area (TPSA) is 80.2 Å². The molecule has 0 saturated carbocycles. The van der Waals surface area contributed by atoms with E-state index in [1.807, 2.05) is 18.1 Å². The lowest BCUT2D eigenvalue weighted by Gasteiger charge is -2.20. The van der Waals surface area contributed by atoms with Crippen molar-refractivity contribution in [3.05, 3.63) is 42.6 Å².